The minimum absolute atomic E-state index is 0.534. The lowest BCUT2D eigenvalue weighted by molar-refractivity contribution is 0.501. The maximum atomic E-state index is 3.75. The SMILES string of the molecule is C=CCCCC(NCC)c1ccsc1. The molecule has 0 aromatic carbocycles. The van der Waals surface area contributed by atoms with E-state index in [1.165, 1.54) is 18.4 Å². The van der Waals surface area contributed by atoms with Gasteiger partial charge >= 0.3 is 0 Å². The fraction of sp³-hybridized carbons (Fsp3) is 0.500. The van der Waals surface area contributed by atoms with E-state index < -0.39 is 0 Å². The van der Waals surface area contributed by atoms with Crippen LogP contribution in [0.4, 0.5) is 0 Å². The third kappa shape index (κ3) is 3.64. The lowest BCUT2D eigenvalue weighted by Crippen LogP contribution is -2.20. The fourth-order valence-electron chi connectivity index (χ4n) is 1.57. The number of hydrogen-bond acceptors (Lipinski definition) is 2. The molecule has 1 nitrogen and oxygen atoms in total. The lowest BCUT2D eigenvalue weighted by Gasteiger charge is -2.16. The van der Waals surface area contributed by atoms with Crippen molar-refractivity contribution in [1.82, 2.24) is 5.32 Å². The van der Waals surface area contributed by atoms with E-state index in [1.807, 2.05) is 6.08 Å². The molecule has 0 amide bonds. The smallest absolute Gasteiger partial charge is 0.0328 e. The topological polar surface area (TPSA) is 12.0 Å². The first kappa shape index (κ1) is 11.5. The number of allylic oxidation sites excluding steroid dienone is 1. The molecule has 1 aromatic heterocycles. The summed E-state index contributed by atoms with van der Waals surface area (Å²) in [7, 11) is 0. The van der Waals surface area contributed by atoms with Crippen LogP contribution in [-0.2, 0) is 0 Å². The number of thiophene rings is 1. The Morgan fingerprint density at radius 2 is 2.50 bits per heavy atom. The van der Waals surface area contributed by atoms with Gasteiger partial charge in [0.05, 0.1) is 0 Å². The van der Waals surface area contributed by atoms with Gasteiger partial charge in [-0.05, 0) is 48.2 Å². The Balaban J connectivity index is 2.43. The van der Waals surface area contributed by atoms with E-state index in [4.69, 9.17) is 0 Å². The average molecular weight is 209 g/mol. The van der Waals surface area contributed by atoms with Gasteiger partial charge in [-0.15, -0.1) is 6.58 Å². The van der Waals surface area contributed by atoms with Gasteiger partial charge in [0.1, 0.15) is 0 Å². The van der Waals surface area contributed by atoms with Gasteiger partial charge in [0.25, 0.3) is 0 Å². The van der Waals surface area contributed by atoms with Crippen LogP contribution in [0.25, 0.3) is 0 Å². The van der Waals surface area contributed by atoms with Gasteiger partial charge in [-0.25, -0.2) is 0 Å². The summed E-state index contributed by atoms with van der Waals surface area (Å²) in [6.45, 7) is 6.94. The van der Waals surface area contributed by atoms with Crippen LogP contribution >= 0.6 is 11.3 Å². The predicted molar refractivity (Wildman–Crippen MR) is 64.8 cm³/mol. The van der Waals surface area contributed by atoms with Gasteiger partial charge in [0, 0.05) is 6.04 Å². The van der Waals surface area contributed by atoms with Gasteiger partial charge < -0.3 is 5.32 Å². The first-order valence-corrected chi connectivity index (χ1v) is 6.19. The normalized spacial score (nSPS) is 12.6. The Kier molecular flexibility index (Phi) is 5.57. The van der Waals surface area contributed by atoms with E-state index in [9.17, 15) is 0 Å². The first-order chi connectivity index (χ1) is 6.88. The summed E-state index contributed by atoms with van der Waals surface area (Å²) in [4.78, 5) is 0. The number of nitrogens with one attached hydrogen (secondary N) is 1. The molecule has 1 unspecified atom stereocenters. The van der Waals surface area contributed by atoms with Crippen molar-refractivity contribution in [2.45, 2.75) is 32.2 Å². The van der Waals surface area contributed by atoms with Crippen molar-refractivity contribution in [2.24, 2.45) is 0 Å². The van der Waals surface area contributed by atoms with E-state index in [2.05, 4.69) is 35.6 Å². The Labute approximate surface area is 90.9 Å². The van der Waals surface area contributed by atoms with E-state index in [1.54, 1.807) is 11.3 Å². The van der Waals surface area contributed by atoms with E-state index in [0.29, 0.717) is 6.04 Å². The summed E-state index contributed by atoms with van der Waals surface area (Å²) in [5, 5.41) is 7.90. The van der Waals surface area contributed by atoms with E-state index >= 15 is 0 Å². The molecule has 0 aliphatic rings. The highest BCUT2D eigenvalue weighted by Crippen LogP contribution is 2.21. The molecule has 1 N–H and O–H groups in total. The zero-order valence-electron chi connectivity index (χ0n) is 8.83. The molecule has 2 heteroatoms. The van der Waals surface area contributed by atoms with Crippen molar-refractivity contribution in [3.63, 3.8) is 0 Å². The Hall–Kier alpha value is -0.600. The summed E-state index contributed by atoms with van der Waals surface area (Å²) in [6, 6.07) is 2.75. The largest absolute Gasteiger partial charge is 0.310 e. The second-order valence-electron chi connectivity index (χ2n) is 3.39. The van der Waals surface area contributed by atoms with Crippen molar-refractivity contribution in [3.8, 4) is 0 Å². The molecular weight excluding hydrogens is 190 g/mol. The first-order valence-electron chi connectivity index (χ1n) is 5.24. The van der Waals surface area contributed by atoms with Gasteiger partial charge in [-0.1, -0.05) is 13.0 Å². The minimum Gasteiger partial charge on any atom is -0.310 e. The molecule has 1 heterocycles. The minimum atomic E-state index is 0.534. The summed E-state index contributed by atoms with van der Waals surface area (Å²) in [5.74, 6) is 0. The quantitative estimate of drug-likeness (QED) is 0.532. The highest BCUT2D eigenvalue weighted by atomic mass is 32.1. The number of unbranched alkanes of at least 4 members (excludes halogenated alkanes) is 1. The summed E-state index contributed by atoms with van der Waals surface area (Å²) >= 11 is 1.77. The van der Waals surface area contributed by atoms with Crippen molar-refractivity contribution >= 4 is 11.3 Å². The van der Waals surface area contributed by atoms with Crippen molar-refractivity contribution < 1.29 is 0 Å². The summed E-state index contributed by atoms with van der Waals surface area (Å²) in [5.41, 5.74) is 1.43. The molecule has 0 saturated heterocycles. The second-order valence-corrected chi connectivity index (χ2v) is 4.17. The lowest BCUT2D eigenvalue weighted by atomic mass is 10.0. The number of hydrogen-bond donors (Lipinski definition) is 1. The van der Waals surface area contributed by atoms with Gasteiger partial charge in [-0.2, -0.15) is 11.3 Å². The van der Waals surface area contributed by atoms with Crippen LogP contribution in [-0.4, -0.2) is 6.54 Å². The number of rotatable bonds is 7. The van der Waals surface area contributed by atoms with E-state index in [-0.39, 0.29) is 0 Å². The monoisotopic (exact) mass is 209 g/mol. The third-order valence-corrected chi connectivity index (χ3v) is 3.00. The molecule has 0 saturated carbocycles. The van der Waals surface area contributed by atoms with Crippen molar-refractivity contribution in [3.05, 3.63) is 35.0 Å². The maximum absolute atomic E-state index is 3.75. The van der Waals surface area contributed by atoms with Gasteiger partial charge in [0.15, 0.2) is 0 Å². The molecule has 0 radical (unpaired) electrons. The second kappa shape index (κ2) is 6.80. The van der Waals surface area contributed by atoms with Crippen LogP contribution in [0.2, 0.25) is 0 Å². The molecule has 0 bridgehead atoms. The Morgan fingerprint density at radius 1 is 1.64 bits per heavy atom. The standard InChI is InChI=1S/C12H19NS/c1-3-5-6-7-12(13-4-2)11-8-9-14-10-11/h3,8-10,12-13H,1,4-7H2,2H3. The Bertz CT molecular complexity index is 241. The van der Waals surface area contributed by atoms with Crippen molar-refractivity contribution in [1.29, 1.82) is 0 Å². The average Bonchev–Trinajstić information content (AvgIpc) is 2.70. The van der Waals surface area contributed by atoms with Gasteiger partial charge in [-0.3, -0.25) is 0 Å². The van der Waals surface area contributed by atoms with Gasteiger partial charge in [0.2, 0.25) is 0 Å². The summed E-state index contributed by atoms with van der Waals surface area (Å²) in [6.07, 6.45) is 5.54. The molecule has 1 atom stereocenters. The van der Waals surface area contributed by atoms with Crippen LogP contribution in [0.1, 0.15) is 37.8 Å². The highest BCUT2D eigenvalue weighted by Gasteiger charge is 2.09. The van der Waals surface area contributed by atoms with Crippen LogP contribution in [0.15, 0.2) is 29.5 Å². The fourth-order valence-corrected chi connectivity index (χ4v) is 2.29. The zero-order chi connectivity index (χ0) is 10.2. The maximum Gasteiger partial charge on any atom is 0.0328 e. The molecule has 0 aliphatic carbocycles. The van der Waals surface area contributed by atoms with E-state index in [0.717, 1.165) is 13.0 Å². The van der Waals surface area contributed by atoms with Crippen LogP contribution < -0.4 is 5.32 Å². The molecule has 0 spiro atoms. The van der Waals surface area contributed by atoms with Crippen LogP contribution in [0, 0.1) is 0 Å². The molecule has 0 aliphatic heterocycles. The summed E-state index contributed by atoms with van der Waals surface area (Å²) < 4.78 is 0. The molecule has 1 aromatic rings. The van der Waals surface area contributed by atoms with Crippen molar-refractivity contribution in [2.75, 3.05) is 6.54 Å². The molecule has 14 heavy (non-hydrogen) atoms. The zero-order valence-corrected chi connectivity index (χ0v) is 9.65. The van der Waals surface area contributed by atoms with Crippen LogP contribution in [0.5, 0.6) is 0 Å². The third-order valence-electron chi connectivity index (χ3n) is 2.30. The highest BCUT2D eigenvalue weighted by molar-refractivity contribution is 7.07. The molecular formula is C12H19NS. The predicted octanol–water partition coefficient (Wildman–Crippen LogP) is 3.76. The molecule has 78 valence electrons. The van der Waals surface area contributed by atoms with Crippen LogP contribution in [0.3, 0.4) is 0 Å². The molecule has 0 fully saturated rings. The molecule has 1 rings (SSSR count). The Morgan fingerprint density at radius 3 is 3.07 bits per heavy atom.